The zero-order valence-corrected chi connectivity index (χ0v) is 20.4. The predicted molar refractivity (Wildman–Crippen MR) is 121 cm³/mol. The summed E-state index contributed by atoms with van der Waals surface area (Å²) in [7, 11) is -5.85. The molecule has 1 saturated carbocycles. The summed E-state index contributed by atoms with van der Waals surface area (Å²) in [6, 6.07) is 8.93. The molecule has 4 rings (SSSR count). The van der Waals surface area contributed by atoms with Crippen LogP contribution in [0.25, 0.3) is 0 Å². The predicted octanol–water partition coefficient (Wildman–Crippen LogP) is 5.27. The van der Waals surface area contributed by atoms with Crippen LogP contribution in [0.15, 0.2) is 42.6 Å². The van der Waals surface area contributed by atoms with Gasteiger partial charge >= 0.3 is 21.7 Å². The van der Waals surface area contributed by atoms with Crippen LogP contribution in [-0.4, -0.2) is 42.0 Å². The Morgan fingerprint density at radius 1 is 1.14 bits per heavy atom. The molecule has 1 aliphatic carbocycles. The van der Waals surface area contributed by atoms with E-state index in [0.29, 0.717) is 31.4 Å². The van der Waals surface area contributed by atoms with Crippen LogP contribution < -0.4 is 4.18 Å². The van der Waals surface area contributed by atoms with Crippen molar-refractivity contribution in [2.24, 2.45) is 0 Å². The molecule has 1 aromatic heterocycles. The van der Waals surface area contributed by atoms with Crippen molar-refractivity contribution in [3.8, 4) is 5.75 Å². The molecule has 1 amide bonds. The van der Waals surface area contributed by atoms with Crippen LogP contribution in [0.4, 0.5) is 18.0 Å². The number of ether oxygens (including phenoxy) is 1. The summed E-state index contributed by atoms with van der Waals surface area (Å²) in [6.45, 7) is 5.60. The molecule has 11 heteroatoms. The molecule has 1 aromatic carbocycles. The van der Waals surface area contributed by atoms with E-state index in [4.69, 9.17) is 4.74 Å². The quantitative estimate of drug-likeness (QED) is 0.410. The molecule has 0 radical (unpaired) electrons. The van der Waals surface area contributed by atoms with E-state index in [1.54, 1.807) is 44.0 Å². The Labute approximate surface area is 202 Å². The average molecular weight is 513 g/mol. The fourth-order valence-electron chi connectivity index (χ4n) is 4.82. The van der Waals surface area contributed by atoms with E-state index in [-0.39, 0.29) is 0 Å². The lowest BCUT2D eigenvalue weighted by Crippen LogP contribution is -2.54. The van der Waals surface area contributed by atoms with Crippen molar-refractivity contribution in [3.63, 3.8) is 0 Å². The SMILES string of the molecule is CC(C)(C)OC(=O)N1CCc2ccc(OS(=O)(=O)C(F)(F)F)cc2C1C1(c2ccccn2)CCC1. The van der Waals surface area contributed by atoms with Crippen LogP contribution in [0.2, 0.25) is 0 Å². The molecule has 7 nitrogen and oxygen atoms in total. The number of halogens is 3. The summed E-state index contributed by atoms with van der Waals surface area (Å²) >= 11 is 0. The summed E-state index contributed by atoms with van der Waals surface area (Å²) in [4.78, 5) is 19.4. The maximum Gasteiger partial charge on any atom is 0.534 e. The molecule has 35 heavy (non-hydrogen) atoms. The van der Waals surface area contributed by atoms with E-state index in [9.17, 15) is 26.4 Å². The number of pyridine rings is 1. The normalized spacial score (nSPS) is 19.9. The van der Waals surface area contributed by atoms with Gasteiger partial charge in [0.25, 0.3) is 0 Å². The van der Waals surface area contributed by atoms with Gasteiger partial charge in [-0.25, -0.2) is 4.79 Å². The van der Waals surface area contributed by atoms with Gasteiger partial charge < -0.3 is 8.92 Å². The molecule has 1 unspecified atom stereocenters. The molecule has 0 spiro atoms. The Morgan fingerprint density at radius 3 is 2.40 bits per heavy atom. The molecule has 1 atom stereocenters. The third-order valence-electron chi connectivity index (χ3n) is 6.41. The topological polar surface area (TPSA) is 85.8 Å². The van der Waals surface area contributed by atoms with E-state index in [1.165, 1.54) is 12.1 Å². The fourth-order valence-corrected chi connectivity index (χ4v) is 5.27. The Morgan fingerprint density at radius 2 is 1.86 bits per heavy atom. The highest BCUT2D eigenvalue weighted by Crippen LogP contribution is 2.56. The summed E-state index contributed by atoms with van der Waals surface area (Å²) in [5, 5.41) is 0. The number of carbonyl (C=O) groups excluding carboxylic acids is 1. The van der Waals surface area contributed by atoms with Gasteiger partial charge in [-0.15, -0.1) is 0 Å². The maximum absolute atomic E-state index is 13.3. The number of fused-ring (bicyclic) bond motifs is 1. The van der Waals surface area contributed by atoms with Gasteiger partial charge in [0, 0.05) is 23.9 Å². The average Bonchev–Trinajstić information content (AvgIpc) is 2.71. The largest absolute Gasteiger partial charge is 0.534 e. The van der Waals surface area contributed by atoms with Gasteiger partial charge in [0.1, 0.15) is 11.4 Å². The van der Waals surface area contributed by atoms with Gasteiger partial charge in [0.05, 0.1) is 6.04 Å². The minimum Gasteiger partial charge on any atom is -0.444 e. The Hall–Kier alpha value is -2.82. The van der Waals surface area contributed by atoms with Gasteiger partial charge in [-0.2, -0.15) is 21.6 Å². The van der Waals surface area contributed by atoms with E-state index in [0.717, 1.165) is 17.7 Å². The molecule has 2 aromatic rings. The number of carbonyl (C=O) groups is 1. The van der Waals surface area contributed by atoms with Crippen molar-refractivity contribution < 1.29 is 35.3 Å². The minimum atomic E-state index is -5.85. The first kappa shape index (κ1) is 25.3. The van der Waals surface area contributed by atoms with Crippen molar-refractivity contribution >= 4 is 16.2 Å². The standard InChI is InChI=1S/C24H27F3N2O5S/c1-22(2,3)33-21(30)29-14-10-16-8-9-17(34-35(31,32)24(25,26)27)15-18(16)20(29)23(11-6-12-23)19-7-4-5-13-28-19/h4-5,7-9,13,15,20H,6,10-12,14H2,1-3H3. The molecule has 1 fully saturated rings. The van der Waals surface area contributed by atoms with Crippen LogP contribution >= 0.6 is 0 Å². The van der Waals surface area contributed by atoms with Crippen LogP contribution in [0.5, 0.6) is 5.75 Å². The van der Waals surface area contributed by atoms with Gasteiger partial charge in [-0.1, -0.05) is 18.6 Å². The Balaban J connectivity index is 1.83. The van der Waals surface area contributed by atoms with Gasteiger partial charge in [-0.05, 0) is 75.4 Å². The third kappa shape index (κ3) is 4.82. The lowest BCUT2D eigenvalue weighted by atomic mass is 9.59. The second-order valence-corrected chi connectivity index (χ2v) is 11.4. The first-order chi connectivity index (χ1) is 16.2. The number of hydrogen-bond acceptors (Lipinski definition) is 6. The molecule has 2 heterocycles. The highest BCUT2D eigenvalue weighted by molar-refractivity contribution is 7.88. The fraction of sp³-hybridized carbons (Fsp3) is 0.500. The molecule has 190 valence electrons. The van der Waals surface area contributed by atoms with Gasteiger partial charge in [0.2, 0.25) is 0 Å². The molecule has 0 N–H and O–H groups in total. The smallest absolute Gasteiger partial charge is 0.444 e. The Kier molecular flexibility index (Phi) is 6.27. The zero-order chi connectivity index (χ0) is 25.6. The van der Waals surface area contributed by atoms with Crippen LogP contribution in [0, 0.1) is 0 Å². The first-order valence-corrected chi connectivity index (χ1v) is 12.7. The van der Waals surface area contributed by atoms with Crippen molar-refractivity contribution in [3.05, 3.63) is 59.4 Å². The molecule has 0 saturated heterocycles. The van der Waals surface area contributed by atoms with E-state index in [2.05, 4.69) is 9.17 Å². The number of aromatic nitrogens is 1. The number of nitrogens with zero attached hydrogens (tertiary/aromatic N) is 2. The molecular formula is C24H27F3N2O5S. The van der Waals surface area contributed by atoms with E-state index < -0.39 is 44.5 Å². The van der Waals surface area contributed by atoms with Crippen molar-refractivity contribution in [1.82, 2.24) is 9.88 Å². The van der Waals surface area contributed by atoms with Crippen LogP contribution in [0.1, 0.15) is 62.9 Å². The number of rotatable bonds is 4. The second-order valence-electron chi connectivity index (χ2n) is 9.89. The van der Waals surface area contributed by atoms with Crippen LogP contribution in [-0.2, 0) is 26.7 Å². The highest BCUT2D eigenvalue weighted by atomic mass is 32.2. The maximum atomic E-state index is 13.3. The highest BCUT2D eigenvalue weighted by Gasteiger charge is 2.53. The number of benzene rings is 1. The van der Waals surface area contributed by atoms with Gasteiger partial charge in [0.15, 0.2) is 0 Å². The second kappa shape index (κ2) is 8.69. The molecular weight excluding hydrogens is 485 g/mol. The first-order valence-electron chi connectivity index (χ1n) is 11.3. The number of amides is 1. The van der Waals surface area contributed by atoms with E-state index >= 15 is 0 Å². The van der Waals surface area contributed by atoms with Crippen molar-refractivity contribution in [1.29, 1.82) is 0 Å². The van der Waals surface area contributed by atoms with Crippen molar-refractivity contribution in [2.45, 2.75) is 69.0 Å². The molecule has 0 bridgehead atoms. The van der Waals surface area contributed by atoms with E-state index in [1.807, 2.05) is 12.1 Å². The number of alkyl halides is 3. The lowest BCUT2D eigenvalue weighted by Gasteiger charge is -2.53. The summed E-state index contributed by atoms with van der Waals surface area (Å²) in [5.41, 5.74) is -4.84. The summed E-state index contributed by atoms with van der Waals surface area (Å²) < 4.78 is 72.2. The number of hydrogen-bond donors (Lipinski definition) is 0. The minimum absolute atomic E-state index is 0.336. The summed E-state index contributed by atoms with van der Waals surface area (Å²) in [6.07, 6.45) is 3.80. The Bertz CT molecular complexity index is 1210. The zero-order valence-electron chi connectivity index (χ0n) is 19.6. The summed E-state index contributed by atoms with van der Waals surface area (Å²) in [5.74, 6) is -0.465. The van der Waals surface area contributed by atoms with Crippen LogP contribution in [0.3, 0.4) is 0 Å². The lowest BCUT2D eigenvalue weighted by molar-refractivity contribution is -0.0500. The third-order valence-corrected chi connectivity index (χ3v) is 7.39. The monoisotopic (exact) mass is 512 g/mol. The molecule has 1 aliphatic heterocycles. The molecule has 2 aliphatic rings. The van der Waals surface area contributed by atoms with Gasteiger partial charge in [-0.3, -0.25) is 9.88 Å². The van der Waals surface area contributed by atoms with Crippen molar-refractivity contribution in [2.75, 3.05) is 6.54 Å².